The number of likely N-dealkylation sites (tertiary alicyclic amines) is 1. The summed E-state index contributed by atoms with van der Waals surface area (Å²) in [5.74, 6) is 1.05. The second-order valence-corrected chi connectivity index (χ2v) is 14.6. The number of hydrogen-bond donors (Lipinski definition) is 2. The Morgan fingerprint density at radius 3 is 2.53 bits per heavy atom. The fraction of sp³-hybridized carbons (Fsp3) is 0.429. The molecular weight excluding hydrogens is 524 g/mol. The SMILES string of the molecule is COc1cc(C2CC3(CCN(C)CC3)C2)c(F)cc1Nc1ncc(Cl)c(Nc2ccccc2P(C)(C)=O)n1. The van der Waals surface area contributed by atoms with Gasteiger partial charge in [0.2, 0.25) is 5.95 Å². The summed E-state index contributed by atoms with van der Waals surface area (Å²) in [6.45, 7) is 5.65. The highest BCUT2D eigenvalue weighted by molar-refractivity contribution is 7.70. The monoisotopic (exact) mass is 557 g/mol. The number of anilines is 4. The van der Waals surface area contributed by atoms with Gasteiger partial charge in [0.25, 0.3) is 0 Å². The van der Waals surface area contributed by atoms with Gasteiger partial charge in [-0.3, -0.25) is 0 Å². The van der Waals surface area contributed by atoms with Crippen molar-refractivity contribution in [3.05, 3.63) is 59.0 Å². The number of nitrogens with zero attached hydrogens (tertiary/aromatic N) is 3. The molecule has 202 valence electrons. The first-order valence-corrected chi connectivity index (χ1v) is 15.8. The molecule has 2 fully saturated rings. The van der Waals surface area contributed by atoms with Gasteiger partial charge in [0.1, 0.15) is 23.7 Å². The van der Waals surface area contributed by atoms with Gasteiger partial charge in [-0.15, -0.1) is 0 Å². The zero-order valence-corrected chi connectivity index (χ0v) is 23.9. The van der Waals surface area contributed by atoms with Gasteiger partial charge in [-0.25, -0.2) is 9.37 Å². The second-order valence-electron chi connectivity index (χ2n) is 11.0. The van der Waals surface area contributed by atoms with Crippen LogP contribution in [0.5, 0.6) is 5.75 Å². The quantitative estimate of drug-likeness (QED) is 0.317. The fourth-order valence-electron chi connectivity index (χ4n) is 5.67. The molecule has 1 aromatic heterocycles. The van der Waals surface area contributed by atoms with E-state index in [2.05, 4.69) is 32.5 Å². The molecule has 7 nitrogen and oxygen atoms in total. The Morgan fingerprint density at radius 1 is 1.13 bits per heavy atom. The molecule has 1 saturated carbocycles. The van der Waals surface area contributed by atoms with E-state index in [0.717, 1.165) is 25.9 Å². The molecule has 0 amide bonds. The zero-order chi connectivity index (χ0) is 27.1. The molecule has 10 heteroatoms. The number of nitrogens with one attached hydrogen (secondary N) is 2. The molecule has 2 heterocycles. The van der Waals surface area contributed by atoms with E-state index < -0.39 is 7.14 Å². The minimum Gasteiger partial charge on any atom is -0.495 e. The molecular formula is C28H34ClFN5O2P. The van der Waals surface area contributed by atoms with E-state index in [0.29, 0.717) is 44.2 Å². The number of rotatable bonds is 7. The summed E-state index contributed by atoms with van der Waals surface area (Å²) in [4.78, 5) is 11.1. The standard InChI is InChI=1S/C28H34ClFN5O2P/c1-35-11-9-28(10-12-35)15-18(16-28)19-13-24(37-2)23(14-21(19)30)33-27-31-17-20(29)26(34-27)32-22-7-5-6-8-25(22)38(3,4)36/h5-8,13-14,17-18H,9-12,15-16H2,1-4H3,(H2,31,32,33,34). The number of para-hydroxylation sites is 1. The lowest BCUT2D eigenvalue weighted by Crippen LogP contribution is -2.45. The van der Waals surface area contributed by atoms with Gasteiger partial charge in [-0.05, 0) is 94.2 Å². The molecule has 2 aromatic carbocycles. The third-order valence-corrected chi connectivity index (χ3v) is 9.72. The second kappa shape index (κ2) is 10.5. The Bertz CT molecular complexity index is 1380. The molecule has 1 saturated heterocycles. The van der Waals surface area contributed by atoms with Crippen molar-refractivity contribution >= 4 is 47.2 Å². The molecule has 38 heavy (non-hydrogen) atoms. The van der Waals surface area contributed by atoms with Gasteiger partial charge in [-0.2, -0.15) is 4.98 Å². The average Bonchev–Trinajstić information content (AvgIpc) is 2.85. The van der Waals surface area contributed by atoms with E-state index >= 15 is 4.39 Å². The van der Waals surface area contributed by atoms with Gasteiger partial charge < -0.3 is 24.8 Å². The van der Waals surface area contributed by atoms with Crippen LogP contribution in [0.1, 0.15) is 37.2 Å². The van der Waals surface area contributed by atoms with E-state index in [4.69, 9.17) is 16.3 Å². The van der Waals surface area contributed by atoms with Crippen molar-refractivity contribution in [2.24, 2.45) is 5.41 Å². The number of methoxy groups -OCH3 is 1. The summed E-state index contributed by atoms with van der Waals surface area (Å²) in [5, 5.41) is 7.26. The minimum absolute atomic E-state index is 0.206. The number of hydrogen-bond acceptors (Lipinski definition) is 7. The fourth-order valence-corrected chi connectivity index (χ4v) is 6.96. The van der Waals surface area contributed by atoms with Crippen LogP contribution in [0, 0.1) is 11.2 Å². The smallest absolute Gasteiger partial charge is 0.229 e. The van der Waals surface area contributed by atoms with Crippen LogP contribution in [0.25, 0.3) is 0 Å². The number of halogens is 2. The van der Waals surface area contributed by atoms with E-state index in [1.807, 2.05) is 24.3 Å². The largest absolute Gasteiger partial charge is 0.495 e. The van der Waals surface area contributed by atoms with Crippen LogP contribution in [0.3, 0.4) is 0 Å². The summed E-state index contributed by atoms with van der Waals surface area (Å²) in [7, 11) is 1.19. The Kier molecular flexibility index (Phi) is 7.42. The summed E-state index contributed by atoms with van der Waals surface area (Å²) in [6.07, 6.45) is 5.87. The number of aromatic nitrogens is 2. The van der Waals surface area contributed by atoms with Gasteiger partial charge in [0.15, 0.2) is 5.82 Å². The molecule has 0 radical (unpaired) electrons. The molecule has 5 rings (SSSR count). The normalized spacial score (nSPS) is 17.7. The van der Waals surface area contributed by atoms with E-state index in [1.54, 1.807) is 26.5 Å². The predicted molar refractivity (Wildman–Crippen MR) is 153 cm³/mol. The third-order valence-electron chi connectivity index (χ3n) is 7.89. The molecule has 2 N–H and O–H groups in total. The summed E-state index contributed by atoms with van der Waals surface area (Å²) in [6, 6.07) is 10.6. The molecule has 3 aromatic rings. The molecule has 0 atom stereocenters. The Labute approximate surface area is 228 Å². The first-order chi connectivity index (χ1) is 18.1. The lowest BCUT2D eigenvalue weighted by atomic mass is 9.56. The van der Waals surface area contributed by atoms with E-state index in [1.165, 1.54) is 25.1 Å². The van der Waals surface area contributed by atoms with Crippen LogP contribution in [-0.4, -0.2) is 55.4 Å². The van der Waals surface area contributed by atoms with Crippen LogP contribution in [-0.2, 0) is 4.57 Å². The maximum Gasteiger partial charge on any atom is 0.229 e. The van der Waals surface area contributed by atoms with Crippen LogP contribution in [0.15, 0.2) is 42.6 Å². The van der Waals surface area contributed by atoms with E-state index in [-0.39, 0.29) is 17.7 Å². The summed E-state index contributed by atoms with van der Waals surface area (Å²) in [5.41, 5.74) is 2.15. The predicted octanol–water partition coefficient (Wildman–Crippen LogP) is 6.60. The lowest BCUT2D eigenvalue weighted by molar-refractivity contribution is 0.0227. The van der Waals surface area contributed by atoms with Crippen molar-refractivity contribution in [3.8, 4) is 5.75 Å². The molecule has 1 spiro atoms. The molecule has 1 aliphatic heterocycles. The Hall–Kier alpha value is -2.67. The Balaban J connectivity index is 1.35. The van der Waals surface area contributed by atoms with Gasteiger partial charge in [-0.1, -0.05) is 23.7 Å². The van der Waals surface area contributed by atoms with Crippen molar-refractivity contribution in [3.63, 3.8) is 0 Å². The Morgan fingerprint density at radius 2 is 1.84 bits per heavy atom. The summed E-state index contributed by atoms with van der Waals surface area (Å²) < 4.78 is 33.7. The average molecular weight is 558 g/mol. The van der Waals surface area contributed by atoms with Crippen molar-refractivity contribution < 1.29 is 13.7 Å². The van der Waals surface area contributed by atoms with Crippen molar-refractivity contribution in [2.45, 2.75) is 31.6 Å². The zero-order valence-electron chi connectivity index (χ0n) is 22.2. The van der Waals surface area contributed by atoms with Crippen LogP contribution in [0.4, 0.5) is 27.5 Å². The highest BCUT2D eigenvalue weighted by Gasteiger charge is 2.46. The maximum absolute atomic E-state index is 15.3. The third kappa shape index (κ3) is 5.54. The summed E-state index contributed by atoms with van der Waals surface area (Å²) >= 11 is 6.38. The van der Waals surface area contributed by atoms with Crippen molar-refractivity contribution in [1.82, 2.24) is 14.9 Å². The van der Waals surface area contributed by atoms with Crippen LogP contribution in [0.2, 0.25) is 5.02 Å². The molecule has 0 unspecified atom stereocenters. The minimum atomic E-state index is -2.54. The van der Waals surface area contributed by atoms with Crippen molar-refractivity contribution in [1.29, 1.82) is 0 Å². The molecule has 0 bridgehead atoms. The highest BCUT2D eigenvalue weighted by Crippen LogP contribution is 2.57. The lowest BCUT2D eigenvalue weighted by Gasteiger charge is -2.52. The number of benzene rings is 2. The van der Waals surface area contributed by atoms with Gasteiger partial charge >= 0.3 is 0 Å². The van der Waals surface area contributed by atoms with E-state index in [9.17, 15) is 4.57 Å². The van der Waals surface area contributed by atoms with Crippen molar-refractivity contribution in [2.75, 3.05) is 51.2 Å². The number of ether oxygens (including phenoxy) is 1. The van der Waals surface area contributed by atoms with Gasteiger partial charge in [0, 0.05) is 11.4 Å². The molecule has 2 aliphatic rings. The number of piperidine rings is 1. The van der Waals surface area contributed by atoms with Gasteiger partial charge in [0.05, 0.1) is 24.7 Å². The maximum atomic E-state index is 15.3. The topological polar surface area (TPSA) is 79.4 Å². The van der Waals surface area contributed by atoms with Crippen LogP contribution >= 0.6 is 18.7 Å². The first-order valence-electron chi connectivity index (χ1n) is 12.8. The molecule has 1 aliphatic carbocycles. The van der Waals surface area contributed by atoms with Crippen LogP contribution < -0.4 is 20.7 Å². The highest BCUT2D eigenvalue weighted by atomic mass is 35.5. The first kappa shape index (κ1) is 26.9.